The highest BCUT2D eigenvalue weighted by atomic mass is 32.2. The fourth-order valence-corrected chi connectivity index (χ4v) is 2.64. The summed E-state index contributed by atoms with van der Waals surface area (Å²) in [6.07, 6.45) is 1.93. The van der Waals surface area contributed by atoms with Crippen molar-refractivity contribution in [2.45, 2.75) is 32.9 Å². The average Bonchev–Trinajstić information content (AvgIpc) is 2.35. The first-order valence-electron chi connectivity index (χ1n) is 6.63. The van der Waals surface area contributed by atoms with Crippen molar-refractivity contribution in [1.82, 2.24) is 10.6 Å². The first-order chi connectivity index (χ1) is 9.34. The number of rotatable bonds is 6. The van der Waals surface area contributed by atoms with Crippen molar-refractivity contribution in [2.75, 3.05) is 18.6 Å². The number of thioether (sulfide) groups is 1. The first kappa shape index (κ1) is 16.9. The second kappa shape index (κ2) is 7.55. The van der Waals surface area contributed by atoms with E-state index in [1.54, 1.807) is 18.7 Å². The Balaban J connectivity index is 2.40. The molecule has 0 heterocycles. The van der Waals surface area contributed by atoms with Crippen LogP contribution in [0, 0.1) is 13.8 Å². The molecule has 5 heteroatoms. The molecule has 0 saturated carbocycles. The molecule has 0 fully saturated rings. The molecule has 0 bridgehead atoms. The molecule has 0 aliphatic rings. The molecule has 0 spiro atoms. The van der Waals surface area contributed by atoms with Crippen molar-refractivity contribution in [3.8, 4) is 0 Å². The van der Waals surface area contributed by atoms with Gasteiger partial charge in [-0.15, -0.1) is 0 Å². The molecule has 4 nitrogen and oxygen atoms in total. The van der Waals surface area contributed by atoms with E-state index in [-0.39, 0.29) is 12.6 Å². The Morgan fingerprint density at radius 1 is 1.35 bits per heavy atom. The van der Waals surface area contributed by atoms with E-state index in [1.807, 2.05) is 32.2 Å². The van der Waals surface area contributed by atoms with Gasteiger partial charge in [0.15, 0.2) is 0 Å². The first-order valence-corrected chi connectivity index (χ1v) is 8.02. The van der Waals surface area contributed by atoms with Crippen molar-refractivity contribution in [3.63, 3.8) is 0 Å². The largest absolute Gasteiger partial charge is 0.387 e. The van der Waals surface area contributed by atoms with Crippen LogP contribution in [0.5, 0.6) is 0 Å². The summed E-state index contributed by atoms with van der Waals surface area (Å²) in [5, 5.41) is 15.5. The van der Waals surface area contributed by atoms with Crippen molar-refractivity contribution in [1.29, 1.82) is 0 Å². The Bertz CT molecular complexity index is 461. The van der Waals surface area contributed by atoms with E-state index in [0.717, 1.165) is 5.56 Å². The molecule has 2 amide bonds. The smallest absolute Gasteiger partial charge is 0.315 e. The minimum absolute atomic E-state index is 0.243. The summed E-state index contributed by atoms with van der Waals surface area (Å²) in [5.41, 5.74) is 2.60. The summed E-state index contributed by atoms with van der Waals surface area (Å²) in [6, 6.07) is 5.89. The van der Waals surface area contributed by atoms with Crippen LogP contribution >= 0.6 is 11.8 Å². The number of aryl methyl sites for hydroxylation is 2. The topological polar surface area (TPSA) is 61.4 Å². The lowest BCUT2D eigenvalue weighted by Gasteiger charge is -2.22. The molecule has 0 saturated heterocycles. The van der Waals surface area contributed by atoms with E-state index in [1.165, 1.54) is 11.1 Å². The number of aliphatic hydroxyl groups is 1. The molecule has 1 unspecified atom stereocenters. The summed E-state index contributed by atoms with van der Waals surface area (Å²) in [7, 11) is 0. The van der Waals surface area contributed by atoms with Crippen LogP contribution in [-0.4, -0.2) is 35.3 Å². The van der Waals surface area contributed by atoms with Crippen LogP contribution in [-0.2, 0) is 6.54 Å². The normalized spacial score (nSPS) is 13.7. The molecule has 1 aromatic carbocycles. The van der Waals surface area contributed by atoms with Gasteiger partial charge in [0, 0.05) is 18.8 Å². The lowest BCUT2D eigenvalue weighted by atomic mass is 10.1. The highest BCUT2D eigenvalue weighted by Gasteiger charge is 2.20. The van der Waals surface area contributed by atoms with Crippen LogP contribution in [0.25, 0.3) is 0 Å². The predicted molar refractivity (Wildman–Crippen MR) is 85.2 cm³/mol. The van der Waals surface area contributed by atoms with Gasteiger partial charge in [-0.1, -0.05) is 23.8 Å². The summed E-state index contributed by atoms with van der Waals surface area (Å²) in [4.78, 5) is 11.7. The zero-order valence-electron chi connectivity index (χ0n) is 12.6. The molecule has 112 valence electrons. The molecule has 20 heavy (non-hydrogen) atoms. The fraction of sp³-hybridized carbons (Fsp3) is 0.533. The van der Waals surface area contributed by atoms with Gasteiger partial charge in [-0.05, 0) is 38.2 Å². The second-order valence-electron chi connectivity index (χ2n) is 5.40. The van der Waals surface area contributed by atoms with Gasteiger partial charge in [-0.2, -0.15) is 11.8 Å². The molecule has 0 aromatic heterocycles. The number of hydrogen-bond acceptors (Lipinski definition) is 3. The summed E-state index contributed by atoms with van der Waals surface area (Å²) >= 11 is 1.55. The molecular formula is C15H24N2O2S. The molecule has 1 rings (SSSR count). The van der Waals surface area contributed by atoms with E-state index in [0.29, 0.717) is 12.3 Å². The third-order valence-corrected chi connectivity index (χ3v) is 3.93. The fourth-order valence-electron chi connectivity index (χ4n) is 1.91. The lowest BCUT2D eigenvalue weighted by Crippen LogP contribution is -2.46. The van der Waals surface area contributed by atoms with Gasteiger partial charge < -0.3 is 15.7 Å². The third kappa shape index (κ3) is 5.84. The zero-order valence-corrected chi connectivity index (χ0v) is 13.4. The summed E-state index contributed by atoms with van der Waals surface area (Å²) in [6.45, 7) is 6.53. The molecule has 0 aliphatic heterocycles. The van der Waals surface area contributed by atoms with E-state index in [4.69, 9.17) is 0 Å². The van der Waals surface area contributed by atoms with Crippen molar-refractivity contribution < 1.29 is 9.90 Å². The van der Waals surface area contributed by atoms with Crippen LogP contribution in [0.1, 0.15) is 23.6 Å². The van der Waals surface area contributed by atoms with Crippen LogP contribution in [0.15, 0.2) is 18.2 Å². The molecule has 3 N–H and O–H groups in total. The zero-order chi connectivity index (χ0) is 15.2. The maximum atomic E-state index is 11.7. The van der Waals surface area contributed by atoms with Crippen LogP contribution in [0.3, 0.4) is 0 Å². The van der Waals surface area contributed by atoms with E-state index < -0.39 is 5.60 Å². The number of carbonyl (C=O) groups excluding carboxylic acids is 1. The Kier molecular flexibility index (Phi) is 6.36. The number of hydrogen-bond donors (Lipinski definition) is 3. The van der Waals surface area contributed by atoms with Crippen LogP contribution < -0.4 is 10.6 Å². The minimum atomic E-state index is -0.878. The van der Waals surface area contributed by atoms with E-state index in [2.05, 4.69) is 16.7 Å². The monoisotopic (exact) mass is 296 g/mol. The number of nitrogens with one attached hydrogen (secondary N) is 2. The molecule has 1 aromatic rings. The standard InChI is InChI=1S/C15H24N2O2S/c1-11-5-6-13(12(2)7-11)8-16-14(18)17-9-15(3,19)10-20-4/h5-7,19H,8-10H2,1-4H3,(H2,16,17,18). The van der Waals surface area contributed by atoms with Gasteiger partial charge in [0.05, 0.1) is 5.60 Å². The number of carbonyl (C=O) groups is 1. The van der Waals surface area contributed by atoms with Crippen LogP contribution in [0.2, 0.25) is 0 Å². The number of amides is 2. The van der Waals surface area contributed by atoms with Gasteiger partial charge in [0.1, 0.15) is 0 Å². The Labute approximate surface area is 125 Å². The molecule has 0 aliphatic carbocycles. The van der Waals surface area contributed by atoms with Gasteiger partial charge >= 0.3 is 6.03 Å². The number of urea groups is 1. The Hall–Kier alpha value is -1.20. The summed E-state index contributed by atoms with van der Waals surface area (Å²) < 4.78 is 0. The predicted octanol–water partition coefficient (Wildman–Crippen LogP) is 2.22. The van der Waals surface area contributed by atoms with Gasteiger partial charge in [0.2, 0.25) is 0 Å². The van der Waals surface area contributed by atoms with E-state index >= 15 is 0 Å². The number of benzene rings is 1. The molecule has 1 atom stereocenters. The van der Waals surface area contributed by atoms with Crippen molar-refractivity contribution in [3.05, 3.63) is 34.9 Å². The average molecular weight is 296 g/mol. The van der Waals surface area contributed by atoms with E-state index in [9.17, 15) is 9.90 Å². The van der Waals surface area contributed by atoms with Crippen LogP contribution in [0.4, 0.5) is 4.79 Å². The van der Waals surface area contributed by atoms with Gasteiger partial charge in [0.25, 0.3) is 0 Å². The Morgan fingerprint density at radius 2 is 2.05 bits per heavy atom. The third-order valence-electron chi connectivity index (χ3n) is 3.02. The van der Waals surface area contributed by atoms with Crippen molar-refractivity contribution in [2.24, 2.45) is 0 Å². The highest BCUT2D eigenvalue weighted by Crippen LogP contribution is 2.10. The maximum absolute atomic E-state index is 11.7. The maximum Gasteiger partial charge on any atom is 0.315 e. The molecular weight excluding hydrogens is 272 g/mol. The van der Waals surface area contributed by atoms with Crippen molar-refractivity contribution >= 4 is 17.8 Å². The molecule has 0 radical (unpaired) electrons. The summed E-state index contributed by atoms with van der Waals surface area (Å²) in [5.74, 6) is 0.588. The lowest BCUT2D eigenvalue weighted by molar-refractivity contribution is 0.0869. The highest BCUT2D eigenvalue weighted by molar-refractivity contribution is 7.98. The quantitative estimate of drug-likeness (QED) is 0.754. The SMILES string of the molecule is CSCC(C)(O)CNC(=O)NCc1ccc(C)cc1C. The minimum Gasteiger partial charge on any atom is -0.387 e. The Morgan fingerprint density at radius 3 is 2.65 bits per heavy atom. The second-order valence-corrected chi connectivity index (χ2v) is 6.26. The van der Waals surface area contributed by atoms with Gasteiger partial charge in [-0.25, -0.2) is 4.79 Å². The van der Waals surface area contributed by atoms with Gasteiger partial charge in [-0.3, -0.25) is 0 Å².